The minimum atomic E-state index is -0.633. The van der Waals surface area contributed by atoms with Gasteiger partial charge in [-0.3, -0.25) is 0 Å². The van der Waals surface area contributed by atoms with Crippen LogP contribution in [0.25, 0.3) is 11.3 Å². The zero-order valence-electron chi connectivity index (χ0n) is 16.9. The van der Waals surface area contributed by atoms with Gasteiger partial charge in [-0.2, -0.15) is 10.2 Å². The molecule has 0 spiro atoms. The van der Waals surface area contributed by atoms with Crippen LogP contribution in [0, 0.1) is 18.6 Å². The van der Waals surface area contributed by atoms with E-state index in [-0.39, 0.29) is 22.6 Å². The summed E-state index contributed by atoms with van der Waals surface area (Å²) in [6, 6.07) is 5.65. The van der Waals surface area contributed by atoms with E-state index >= 15 is 0 Å². The van der Waals surface area contributed by atoms with Crippen molar-refractivity contribution in [2.45, 2.75) is 64.2 Å². The van der Waals surface area contributed by atoms with Crippen molar-refractivity contribution in [1.82, 2.24) is 20.4 Å². The van der Waals surface area contributed by atoms with E-state index in [2.05, 4.69) is 34.2 Å². The van der Waals surface area contributed by atoms with Crippen LogP contribution in [-0.2, 0) is 11.8 Å². The Kier molecular flexibility index (Phi) is 5.15. The number of benzene rings is 1. The molecule has 3 aromatic rings. The number of hydrogen-bond acceptors (Lipinski definition) is 5. The van der Waals surface area contributed by atoms with Crippen molar-refractivity contribution >= 4 is 0 Å². The third-order valence-corrected chi connectivity index (χ3v) is 6.18. The number of fused-ring (bicyclic) bond motifs is 1. The van der Waals surface area contributed by atoms with Gasteiger partial charge in [0, 0.05) is 18.8 Å². The molecule has 1 aliphatic carbocycles. The van der Waals surface area contributed by atoms with E-state index in [4.69, 9.17) is 4.42 Å². The molecule has 0 N–H and O–H groups in total. The normalized spacial score (nSPS) is 21.2. The minimum Gasteiger partial charge on any atom is -0.426 e. The predicted octanol–water partition coefficient (Wildman–Crippen LogP) is 5.29. The Labute approximate surface area is 168 Å². The van der Waals surface area contributed by atoms with Crippen molar-refractivity contribution in [3.8, 4) is 11.3 Å². The Morgan fingerprint density at radius 2 is 1.86 bits per heavy atom. The second kappa shape index (κ2) is 7.61. The van der Waals surface area contributed by atoms with Crippen molar-refractivity contribution in [2.75, 3.05) is 0 Å². The van der Waals surface area contributed by atoms with Crippen LogP contribution in [0.15, 0.2) is 28.7 Å². The summed E-state index contributed by atoms with van der Waals surface area (Å²) >= 11 is 0. The molecule has 2 aromatic heterocycles. The molecule has 0 saturated heterocycles. The van der Waals surface area contributed by atoms with Gasteiger partial charge < -0.3 is 4.42 Å². The molecule has 2 atom stereocenters. The standard InChI is InChI=1S/C22H24F2N4O/c1-4-14-9-10-22(5-2,12-19-27-25-13(3)29-19)21-15(14)11-18(26-28-21)20-16(23)7-6-8-17(20)24/h6-8,11,14H,4-5,9-10,12H2,1-3H3/t14-,22+/m0/s1. The van der Waals surface area contributed by atoms with Gasteiger partial charge in [-0.05, 0) is 55.4 Å². The Morgan fingerprint density at radius 1 is 1.10 bits per heavy atom. The van der Waals surface area contributed by atoms with Crippen LogP contribution in [0.4, 0.5) is 8.78 Å². The van der Waals surface area contributed by atoms with E-state index in [1.54, 1.807) is 6.92 Å². The summed E-state index contributed by atoms with van der Waals surface area (Å²) in [5.41, 5.74) is 1.73. The van der Waals surface area contributed by atoms with Gasteiger partial charge in [-0.15, -0.1) is 10.2 Å². The molecule has 0 saturated carbocycles. The first-order valence-electron chi connectivity index (χ1n) is 10.1. The third kappa shape index (κ3) is 3.43. The molecule has 0 radical (unpaired) electrons. The first kappa shape index (κ1) is 19.6. The van der Waals surface area contributed by atoms with E-state index in [0.29, 0.717) is 18.2 Å². The molecule has 152 valence electrons. The van der Waals surface area contributed by atoms with Crippen molar-refractivity contribution in [2.24, 2.45) is 0 Å². The van der Waals surface area contributed by atoms with Gasteiger partial charge in [0.1, 0.15) is 11.6 Å². The maximum atomic E-state index is 14.3. The SMILES string of the molecule is CC[C@H]1CC[C@](CC)(Cc2nnc(C)o2)c2nnc(-c3c(F)cccc3F)cc21. The van der Waals surface area contributed by atoms with Crippen LogP contribution >= 0.6 is 0 Å². The van der Waals surface area contributed by atoms with Crippen molar-refractivity contribution < 1.29 is 13.2 Å². The monoisotopic (exact) mass is 398 g/mol. The van der Waals surface area contributed by atoms with Gasteiger partial charge in [-0.25, -0.2) is 8.78 Å². The molecule has 1 aromatic carbocycles. The zero-order chi connectivity index (χ0) is 20.6. The van der Waals surface area contributed by atoms with Crippen LogP contribution in [0.2, 0.25) is 0 Å². The van der Waals surface area contributed by atoms with Crippen molar-refractivity contribution in [3.63, 3.8) is 0 Å². The minimum absolute atomic E-state index is 0.127. The topological polar surface area (TPSA) is 64.7 Å². The molecule has 0 unspecified atom stereocenters. The van der Waals surface area contributed by atoms with Crippen LogP contribution in [0.1, 0.15) is 68.5 Å². The third-order valence-electron chi connectivity index (χ3n) is 6.18. The maximum absolute atomic E-state index is 14.3. The highest BCUT2D eigenvalue weighted by Gasteiger charge is 2.41. The lowest BCUT2D eigenvalue weighted by Crippen LogP contribution is -2.36. The number of aryl methyl sites for hydroxylation is 1. The quantitative estimate of drug-likeness (QED) is 0.584. The number of hydrogen-bond donors (Lipinski definition) is 0. The lowest BCUT2D eigenvalue weighted by Gasteiger charge is -2.39. The maximum Gasteiger partial charge on any atom is 0.217 e. The second-order valence-electron chi connectivity index (χ2n) is 7.80. The highest BCUT2D eigenvalue weighted by molar-refractivity contribution is 5.62. The largest absolute Gasteiger partial charge is 0.426 e. The van der Waals surface area contributed by atoms with Gasteiger partial charge in [0.2, 0.25) is 11.8 Å². The van der Waals surface area contributed by atoms with E-state index in [1.165, 1.54) is 18.2 Å². The van der Waals surface area contributed by atoms with E-state index in [0.717, 1.165) is 36.9 Å². The summed E-state index contributed by atoms with van der Waals surface area (Å²) in [5, 5.41) is 16.9. The molecular weight excluding hydrogens is 374 g/mol. The van der Waals surface area contributed by atoms with E-state index < -0.39 is 11.6 Å². The van der Waals surface area contributed by atoms with Gasteiger partial charge in [0.15, 0.2) is 0 Å². The number of nitrogens with zero attached hydrogens (tertiary/aromatic N) is 4. The highest BCUT2D eigenvalue weighted by atomic mass is 19.1. The predicted molar refractivity (Wildman–Crippen MR) is 104 cm³/mol. The molecule has 0 amide bonds. The molecule has 7 heteroatoms. The van der Waals surface area contributed by atoms with Gasteiger partial charge in [0.25, 0.3) is 0 Å². The van der Waals surface area contributed by atoms with Crippen molar-refractivity contribution in [3.05, 3.63) is 58.9 Å². The van der Waals surface area contributed by atoms with Gasteiger partial charge in [-0.1, -0.05) is 19.9 Å². The average Bonchev–Trinajstić information content (AvgIpc) is 3.12. The highest BCUT2D eigenvalue weighted by Crippen LogP contribution is 2.47. The van der Waals surface area contributed by atoms with Crippen LogP contribution in [0.3, 0.4) is 0 Å². The molecule has 5 nitrogen and oxygen atoms in total. The number of aromatic nitrogens is 4. The van der Waals surface area contributed by atoms with Gasteiger partial charge in [0.05, 0.1) is 17.0 Å². The summed E-state index contributed by atoms with van der Waals surface area (Å²) in [6.07, 6.45) is 4.24. The Morgan fingerprint density at radius 3 is 2.48 bits per heavy atom. The molecule has 2 heterocycles. The molecule has 1 aliphatic rings. The van der Waals surface area contributed by atoms with E-state index in [1.807, 2.05) is 6.07 Å². The summed E-state index contributed by atoms with van der Waals surface area (Å²) in [7, 11) is 0. The summed E-state index contributed by atoms with van der Waals surface area (Å²) in [6.45, 7) is 6.01. The van der Waals surface area contributed by atoms with Gasteiger partial charge >= 0.3 is 0 Å². The number of halogens is 2. The summed E-state index contributed by atoms with van der Waals surface area (Å²) in [5.74, 6) is 0.122. The summed E-state index contributed by atoms with van der Waals surface area (Å²) in [4.78, 5) is 0. The molecule has 0 fully saturated rings. The molecule has 0 bridgehead atoms. The first-order valence-corrected chi connectivity index (χ1v) is 10.1. The van der Waals surface area contributed by atoms with Crippen LogP contribution < -0.4 is 0 Å². The van der Waals surface area contributed by atoms with Crippen LogP contribution in [0.5, 0.6) is 0 Å². The fourth-order valence-electron chi connectivity index (χ4n) is 4.48. The lowest BCUT2D eigenvalue weighted by molar-refractivity contribution is 0.281. The number of rotatable bonds is 5. The fraction of sp³-hybridized carbons (Fsp3) is 0.455. The second-order valence-corrected chi connectivity index (χ2v) is 7.80. The Bertz CT molecular complexity index is 1020. The zero-order valence-corrected chi connectivity index (χ0v) is 16.9. The molecular formula is C22H24F2N4O. The lowest BCUT2D eigenvalue weighted by atomic mass is 9.65. The molecule has 0 aliphatic heterocycles. The Balaban J connectivity index is 1.83. The molecule has 29 heavy (non-hydrogen) atoms. The molecule has 4 rings (SSSR count). The average molecular weight is 398 g/mol. The fourth-order valence-corrected chi connectivity index (χ4v) is 4.48. The first-order chi connectivity index (χ1) is 14.0. The smallest absolute Gasteiger partial charge is 0.217 e. The van der Waals surface area contributed by atoms with E-state index in [9.17, 15) is 8.78 Å². The Hall–Kier alpha value is -2.70. The van der Waals surface area contributed by atoms with Crippen molar-refractivity contribution in [1.29, 1.82) is 0 Å². The summed E-state index contributed by atoms with van der Waals surface area (Å²) < 4.78 is 34.3. The van der Waals surface area contributed by atoms with Crippen LogP contribution in [-0.4, -0.2) is 20.4 Å².